The van der Waals surface area contributed by atoms with Gasteiger partial charge < -0.3 is 19.7 Å². The molecule has 9 heteroatoms. The van der Waals surface area contributed by atoms with Crippen molar-refractivity contribution in [2.45, 2.75) is 51.7 Å². The maximum atomic E-state index is 12.7. The molecule has 1 saturated heterocycles. The van der Waals surface area contributed by atoms with Gasteiger partial charge in [-0.3, -0.25) is 4.98 Å². The Morgan fingerprint density at radius 3 is 2.74 bits per heavy atom. The number of aromatic nitrogens is 3. The van der Waals surface area contributed by atoms with Crippen molar-refractivity contribution in [3.05, 3.63) is 83.4 Å². The van der Waals surface area contributed by atoms with Crippen molar-refractivity contribution in [2.75, 3.05) is 18.4 Å². The third kappa shape index (κ3) is 6.75. The number of rotatable bonds is 6. The van der Waals surface area contributed by atoms with Crippen molar-refractivity contribution in [3.63, 3.8) is 0 Å². The van der Waals surface area contributed by atoms with Gasteiger partial charge in [-0.1, -0.05) is 23.7 Å². The van der Waals surface area contributed by atoms with Crippen LogP contribution in [0.15, 0.2) is 67.1 Å². The highest BCUT2D eigenvalue weighted by Gasteiger charge is 2.28. The number of carbonyl (C=O) groups excluding carboxylic acids is 1. The van der Waals surface area contributed by atoms with E-state index in [4.69, 9.17) is 21.1 Å². The van der Waals surface area contributed by atoms with Crippen LogP contribution in [0, 0.1) is 0 Å². The van der Waals surface area contributed by atoms with E-state index in [0.717, 1.165) is 40.7 Å². The summed E-state index contributed by atoms with van der Waals surface area (Å²) in [5.74, 6) is 1.46. The first kappa shape index (κ1) is 26.7. The van der Waals surface area contributed by atoms with Crippen molar-refractivity contribution in [3.8, 4) is 5.75 Å². The minimum Gasteiger partial charge on any atom is -0.486 e. The van der Waals surface area contributed by atoms with Crippen LogP contribution in [0.3, 0.4) is 0 Å². The SMILES string of the molecule is CC(C)(C)OC(=O)N1CCC[C@@H](c2ccc3ncnc(Nc4ccc(OCc5ccccn5)c(Cl)c4)c3c2)C1. The first-order valence-electron chi connectivity index (χ1n) is 13.1. The van der Waals surface area contributed by atoms with E-state index in [1.54, 1.807) is 12.5 Å². The molecule has 5 rings (SSSR count). The summed E-state index contributed by atoms with van der Waals surface area (Å²) in [5, 5.41) is 4.77. The first-order chi connectivity index (χ1) is 18.7. The van der Waals surface area contributed by atoms with Crippen molar-refractivity contribution in [2.24, 2.45) is 0 Å². The Bertz CT molecular complexity index is 1460. The molecule has 2 aromatic carbocycles. The van der Waals surface area contributed by atoms with Gasteiger partial charge in [0.15, 0.2) is 0 Å². The van der Waals surface area contributed by atoms with E-state index in [-0.39, 0.29) is 12.0 Å². The third-order valence-corrected chi connectivity index (χ3v) is 6.80. The molecule has 202 valence electrons. The van der Waals surface area contributed by atoms with Crippen molar-refractivity contribution in [1.82, 2.24) is 19.9 Å². The molecule has 0 aliphatic carbocycles. The van der Waals surface area contributed by atoms with Gasteiger partial charge in [-0.2, -0.15) is 0 Å². The maximum Gasteiger partial charge on any atom is 0.410 e. The largest absolute Gasteiger partial charge is 0.486 e. The monoisotopic (exact) mass is 545 g/mol. The zero-order chi connectivity index (χ0) is 27.4. The number of ether oxygens (including phenoxy) is 2. The van der Waals surface area contributed by atoms with E-state index >= 15 is 0 Å². The second kappa shape index (κ2) is 11.5. The number of pyridine rings is 1. The molecule has 2 aromatic heterocycles. The molecular formula is C30H32ClN5O3. The number of piperidine rings is 1. The molecule has 1 aliphatic rings. The molecule has 0 unspecified atom stereocenters. The molecule has 1 fully saturated rings. The molecular weight excluding hydrogens is 514 g/mol. The standard InChI is InChI=1S/C30H32ClN5O3/c1-30(2,3)39-29(37)36-14-6-7-21(17-36)20-9-11-26-24(15-20)28(34-19-33-26)35-22-10-12-27(25(31)16-22)38-18-23-8-4-5-13-32-23/h4-5,8-13,15-16,19,21H,6-7,14,17-18H2,1-3H3,(H,33,34,35)/t21-/m1/s1. The summed E-state index contributed by atoms with van der Waals surface area (Å²) in [5.41, 5.74) is 3.06. The fraction of sp³-hybridized carbons (Fsp3) is 0.333. The summed E-state index contributed by atoms with van der Waals surface area (Å²) in [6.07, 6.45) is 4.93. The lowest BCUT2D eigenvalue weighted by Crippen LogP contribution is -2.42. The van der Waals surface area contributed by atoms with Gasteiger partial charge in [-0.15, -0.1) is 0 Å². The summed E-state index contributed by atoms with van der Waals surface area (Å²) in [6, 6.07) is 17.4. The summed E-state index contributed by atoms with van der Waals surface area (Å²) in [4.78, 5) is 27.7. The van der Waals surface area contributed by atoms with Gasteiger partial charge in [0.1, 0.15) is 30.1 Å². The molecule has 1 amide bonds. The molecule has 1 atom stereocenters. The lowest BCUT2D eigenvalue weighted by molar-refractivity contribution is 0.0198. The Labute approximate surface area is 233 Å². The number of hydrogen-bond donors (Lipinski definition) is 1. The number of amides is 1. The molecule has 8 nitrogen and oxygen atoms in total. The van der Waals surface area contributed by atoms with Crippen LogP contribution in [-0.2, 0) is 11.3 Å². The molecule has 4 aromatic rings. The van der Waals surface area contributed by atoms with E-state index in [1.165, 1.54) is 0 Å². The Balaban J connectivity index is 1.32. The Morgan fingerprint density at radius 2 is 1.97 bits per heavy atom. The number of benzene rings is 2. The van der Waals surface area contributed by atoms with Crippen molar-refractivity contribution < 1.29 is 14.3 Å². The second-order valence-corrected chi connectivity index (χ2v) is 11.1. The summed E-state index contributed by atoms with van der Waals surface area (Å²) in [7, 11) is 0. The fourth-order valence-electron chi connectivity index (χ4n) is 4.64. The van der Waals surface area contributed by atoms with Crippen molar-refractivity contribution >= 4 is 40.1 Å². The summed E-state index contributed by atoms with van der Waals surface area (Å²) < 4.78 is 11.5. The van der Waals surface area contributed by atoms with E-state index in [0.29, 0.717) is 36.3 Å². The van der Waals surface area contributed by atoms with Gasteiger partial charge >= 0.3 is 6.09 Å². The quantitative estimate of drug-likeness (QED) is 0.276. The molecule has 0 radical (unpaired) electrons. The predicted molar refractivity (Wildman–Crippen MR) is 153 cm³/mol. The summed E-state index contributed by atoms with van der Waals surface area (Å²) >= 11 is 6.53. The zero-order valence-corrected chi connectivity index (χ0v) is 23.1. The number of nitrogens with one attached hydrogen (secondary N) is 1. The Hall–Kier alpha value is -3.91. The van der Waals surface area contributed by atoms with Gasteiger partial charge in [0, 0.05) is 36.3 Å². The molecule has 39 heavy (non-hydrogen) atoms. The first-order valence-corrected chi connectivity index (χ1v) is 13.4. The van der Waals surface area contributed by atoms with Crippen molar-refractivity contribution in [1.29, 1.82) is 0 Å². The lowest BCUT2D eigenvalue weighted by atomic mass is 9.90. The van der Waals surface area contributed by atoms with Crippen LogP contribution in [0.25, 0.3) is 10.9 Å². The average Bonchev–Trinajstić information content (AvgIpc) is 2.92. The third-order valence-electron chi connectivity index (χ3n) is 6.50. The molecule has 0 saturated carbocycles. The Morgan fingerprint density at radius 1 is 1.10 bits per heavy atom. The highest BCUT2D eigenvalue weighted by atomic mass is 35.5. The molecule has 1 N–H and O–H groups in total. The topological polar surface area (TPSA) is 89.5 Å². The number of halogens is 1. The average molecular weight is 546 g/mol. The van der Waals surface area contributed by atoms with Crippen LogP contribution >= 0.6 is 11.6 Å². The molecule has 0 bridgehead atoms. The normalized spacial score (nSPS) is 15.7. The number of hydrogen-bond acceptors (Lipinski definition) is 7. The zero-order valence-electron chi connectivity index (χ0n) is 22.4. The van der Waals surface area contributed by atoms with Crippen LogP contribution in [0.5, 0.6) is 5.75 Å². The van der Waals surface area contributed by atoms with Crippen LogP contribution in [-0.4, -0.2) is 44.6 Å². The summed E-state index contributed by atoms with van der Waals surface area (Å²) in [6.45, 7) is 7.32. The van der Waals surface area contributed by atoms with Gasteiger partial charge in [-0.05, 0) is 81.6 Å². The van der Waals surface area contributed by atoms with Gasteiger partial charge in [0.25, 0.3) is 0 Å². The second-order valence-electron chi connectivity index (χ2n) is 10.6. The van der Waals surface area contributed by atoms with Crippen LogP contribution in [0.4, 0.5) is 16.3 Å². The predicted octanol–water partition coefficient (Wildman–Crippen LogP) is 7.12. The fourth-order valence-corrected chi connectivity index (χ4v) is 4.87. The lowest BCUT2D eigenvalue weighted by Gasteiger charge is -2.34. The smallest absolute Gasteiger partial charge is 0.410 e. The van der Waals surface area contributed by atoms with Crippen LogP contribution < -0.4 is 10.1 Å². The van der Waals surface area contributed by atoms with E-state index in [9.17, 15) is 4.79 Å². The van der Waals surface area contributed by atoms with E-state index in [1.807, 2.05) is 68.1 Å². The molecule has 3 heterocycles. The van der Waals surface area contributed by atoms with Crippen LogP contribution in [0.1, 0.15) is 50.8 Å². The minimum atomic E-state index is -0.517. The molecule has 0 spiro atoms. The number of likely N-dealkylation sites (tertiary alicyclic amines) is 1. The van der Waals surface area contributed by atoms with Gasteiger partial charge in [0.2, 0.25) is 0 Å². The number of carbonyl (C=O) groups is 1. The van der Waals surface area contributed by atoms with E-state index in [2.05, 4.69) is 32.4 Å². The van der Waals surface area contributed by atoms with E-state index < -0.39 is 5.60 Å². The minimum absolute atomic E-state index is 0.203. The van der Waals surface area contributed by atoms with Crippen LogP contribution in [0.2, 0.25) is 5.02 Å². The number of nitrogens with zero attached hydrogens (tertiary/aromatic N) is 4. The van der Waals surface area contributed by atoms with Gasteiger partial charge in [-0.25, -0.2) is 14.8 Å². The highest BCUT2D eigenvalue weighted by Crippen LogP contribution is 2.33. The molecule has 1 aliphatic heterocycles. The van der Waals surface area contributed by atoms with Gasteiger partial charge in [0.05, 0.1) is 16.2 Å². The highest BCUT2D eigenvalue weighted by molar-refractivity contribution is 6.32. The Kier molecular flexibility index (Phi) is 7.84. The number of anilines is 2. The maximum absolute atomic E-state index is 12.7. The number of fused-ring (bicyclic) bond motifs is 1.